The third-order valence-corrected chi connectivity index (χ3v) is 3.44. The van der Waals surface area contributed by atoms with Crippen molar-refractivity contribution in [1.82, 2.24) is 4.90 Å². The van der Waals surface area contributed by atoms with Crippen molar-refractivity contribution < 1.29 is 14.0 Å². The number of carbonyl (C=O) groups is 2. The van der Waals surface area contributed by atoms with Crippen molar-refractivity contribution in [1.29, 1.82) is 0 Å². The van der Waals surface area contributed by atoms with Gasteiger partial charge in [0.25, 0.3) is 5.91 Å². The van der Waals surface area contributed by atoms with Gasteiger partial charge in [-0.15, -0.1) is 0 Å². The molecule has 0 spiro atoms. The van der Waals surface area contributed by atoms with E-state index >= 15 is 0 Å². The van der Waals surface area contributed by atoms with Crippen LogP contribution in [-0.2, 0) is 0 Å². The van der Waals surface area contributed by atoms with Crippen LogP contribution in [0.5, 0.6) is 0 Å². The summed E-state index contributed by atoms with van der Waals surface area (Å²) in [6.45, 7) is 7.53. The maximum Gasteiger partial charge on any atom is 0.255 e. The molecule has 0 aliphatic heterocycles. The van der Waals surface area contributed by atoms with Crippen molar-refractivity contribution in [3.05, 3.63) is 33.5 Å². The first kappa shape index (κ1) is 15.8. The van der Waals surface area contributed by atoms with E-state index in [0.29, 0.717) is 6.29 Å². The van der Waals surface area contributed by atoms with Crippen LogP contribution in [0.1, 0.15) is 48.4 Å². The Hall–Kier alpha value is -1.23. The number of carbonyl (C=O) groups excluding carboxylic acids is 2. The summed E-state index contributed by atoms with van der Waals surface area (Å²) in [4.78, 5) is 25.1. The largest absolute Gasteiger partial charge is 0.334 e. The van der Waals surface area contributed by atoms with Gasteiger partial charge in [-0.2, -0.15) is 0 Å². The molecule has 1 aromatic rings. The maximum absolute atomic E-state index is 13.8. The fourth-order valence-electron chi connectivity index (χ4n) is 2.07. The molecule has 19 heavy (non-hydrogen) atoms. The summed E-state index contributed by atoms with van der Waals surface area (Å²) in [7, 11) is 0. The van der Waals surface area contributed by atoms with E-state index in [1.165, 1.54) is 12.1 Å². The van der Waals surface area contributed by atoms with Gasteiger partial charge in [-0.25, -0.2) is 4.39 Å². The number of nitrogens with zero attached hydrogens (tertiary/aromatic N) is 1. The summed E-state index contributed by atoms with van der Waals surface area (Å²) in [5.74, 6) is -1.04. The van der Waals surface area contributed by atoms with Crippen molar-refractivity contribution in [2.75, 3.05) is 0 Å². The Bertz CT molecular complexity index is 492. The third-order valence-electron chi connectivity index (χ3n) is 2.83. The second kappa shape index (κ2) is 6.28. The summed E-state index contributed by atoms with van der Waals surface area (Å²) in [6.07, 6.45) is 0.381. The van der Waals surface area contributed by atoms with Gasteiger partial charge in [-0.05, 0) is 55.8 Å². The highest BCUT2D eigenvalue weighted by Crippen LogP contribution is 2.23. The maximum atomic E-state index is 13.8. The quantitative estimate of drug-likeness (QED) is 0.790. The lowest BCUT2D eigenvalue weighted by Crippen LogP contribution is -2.42. The molecule has 0 fully saturated rings. The fourth-order valence-corrected chi connectivity index (χ4v) is 2.42. The first-order valence-electron chi connectivity index (χ1n) is 6.07. The van der Waals surface area contributed by atoms with E-state index in [2.05, 4.69) is 15.9 Å². The van der Waals surface area contributed by atoms with E-state index in [9.17, 15) is 14.0 Å². The molecule has 0 aliphatic carbocycles. The summed E-state index contributed by atoms with van der Waals surface area (Å²) in [5.41, 5.74) is -0.108. The summed E-state index contributed by atoms with van der Waals surface area (Å²) in [6, 6.07) is 2.85. The number of rotatable bonds is 4. The van der Waals surface area contributed by atoms with Gasteiger partial charge >= 0.3 is 0 Å². The number of amides is 1. The van der Waals surface area contributed by atoms with Crippen LogP contribution >= 0.6 is 15.9 Å². The first-order valence-corrected chi connectivity index (χ1v) is 6.86. The van der Waals surface area contributed by atoms with E-state index in [-0.39, 0.29) is 33.6 Å². The van der Waals surface area contributed by atoms with Crippen LogP contribution in [0, 0.1) is 5.82 Å². The van der Waals surface area contributed by atoms with Crippen molar-refractivity contribution in [3.63, 3.8) is 0 Å². The van der Waals surface area contributed by atoms with E-state index < -0.39 is 5.82 Å². The highest BCUT2D eigenvalue weighted by molar-refractivity contribution is 9.10. The van der Waals surface area contributed by atoms with Gasteiger partial charge in [0, 0.05) is 12.1 Å². The number of hydrogen-bond acceptors (Lipinski definition) is 2. The SMILES string of the molecule is CC(C)N(C(=O)c1ccc(Br)c(F)c1C=O)C(C)C. The van der Waals surface area contributed by atoms with Gasteiger partial charge in [-0.1, -0.05) is 0 Å². The Balaban J connectivity index is 3.33. The topological polar surface area (TPSA) is 37.4 Å². The molecular weight excluding hydrogens is 313 g/mol. The lowest BCUT2D eigenvalue weighted by atomic mass is 10.0. The van der Waals surface area contributed by atoms with Gasteiger partial charge in [0.1, 0.15) is 5.82 Å². The van der Waals surface area contributed by atoms with Gasteiger partial charge in [-0.3, -0.25) is 9.59 Å². The molecule has 0 N–H and O–H groups in total. The van der Waals surface area contributed by atoms with Crippen LogP contribution < -0.4 is 0 Å². The summed E-state index contributed by atoms with van der Waals surface area (Å²) >= 11 is 3.01. The zero-order valence-electron chi connectivity index (χ0n) is 11.4. The first-order chi connectivity index (χ1) is 8.81. The van der Waals surface area contributed by atoms with Crippen LogP contribution in [-0.4, -0.2) is 29.2 Å². The van der Waals surface area contributed by atoms with Crippen LogP contribution in [0.2, 0.25) is 0 Å². The third kappa shape index (κ3) is 3.21. The molecule has 1 aromatic carbocycles. The van der Waals surface area contributed by atoms with E-state index in [0.717, 1.165) is 0 Å². The van der Waals surface area contributed by atoms with Gasteiger partial charge < -0.3 is 4.90 Å². The monoisotopic (exact) mass is 329 g/mol. The van der Waals surface area contributed by atoms with Crippen molar-refractivity contribution >= 4 is 28.1 Å². The number of hydrogen-bond donors (Lipinski definition) is 0. The minimum atomic E-state index is -0.701. The molecular formula is C14H17BrFNO2. The normalized spacial score (nSPS) is 10.9. The van der Waals surface area contributed by atoms with Crippen LogP contribution in [0.4, 0.5) is 4.39 Å². The van der Waals surface area contributed by atoms with E-state index in [1.54, 1.807) is 4.90 Å². The summed E-state index contributed by atoms with van der Waals surface area (Å²) in [5, 5.41) is 0. The summed E-state index contributed by atoms with van der Waals surface area (Å²) < 4.78 is 14.0. The molecule has 5 heteroatoms. The van der Waals surface area contributed by atoms with Crippen molar-refractivity contribution in [2.24, 2.45) is 0 Å². The van der Waals surface area contributed by atoms with Crippen LogP contribution in [0.3, 0.4) is 0 Å². The molecule has 0 unspecified atom stereocenters. The van der Waals surface area contributed by atoms with Crippen molar-refractivity contribution in [3.8, 4) is 0 Å². The standard InChI is InChI=1S/C14H17BrFNO2/c1-8(2)17(9(3)4)14(19)10-5-6-12(15)13(16)11(10)7-18/h5-9H,1-4H3. The van der Waals surface area contributed by atoms with E-state index in [4.69, 9.17) is 0 Å². The Morgan fingerprint density at radius 1 is 1.26 bits per heavy atom. The molecule has 104 valence electrons. The molecule has 1 amide bonds. The zero-order valence-corrected chi connectivity index (χ0v) is 13.0. The lowest BCUT2D eigenvalue weighted by molar-refractivity contribution is 0.0640. The molecule has 0 aliphatic rings. The molecule has 0 atom stereocenters. The van der Waals surface area contributed by atoms with Crippen LogP contribution in [0.15, 0.2) is 16.6 Å². The molecule has 0 saturated carbocycles. The highest BCUT2D eigenvalue weighted by atomic mass is 79.9. The zero-order chi connectivity index (χ0) is 14.7. The minimum absolute atomic E-state index is 0.0290. The van der Waals surface area contributed by atoms with Gasteiger partial charge in [0.05, 0.1) is 15.6 Å². The van der Waals surface area contributed by atoms with Gasteiger partial charge in [0.2, 0.25) is 0 Å². The van der Waals surface area contributed by atoms with E-state index in [1.807, 2.05) is 27.7 Å². The highest BCUT2D eigenvalue weighted by Gasteiger charge is 2.25. The average Bonchev–Trinajstić information content (AvgIpc) is 2.31. The second-order valence-electron chi connectivity index (χ2n) is 4.84. The van der Waals surface area contributed by atoms with Crippen molar-refractivity contribution in [2.45, 2.75) is 39.8 Å². The molecule has 0 bridgehead atoms. The average molecular weight is 330 g/mol. The predicted octanol–water partition coefficient (Wildman–Crippen LogP) is 3.66. The Morgan fingerprint density at radius 3 is 2.21 bits per heavy atom. The second-order valence-corrected chi connectivity index (χ2v) is 5.69. The lowest BCUT2D eigenvalue weighted by Gasteiger charge is -2.31. The molecule has 0 aromatic heterocycles. The number of halogens is 2. The predicted molar refractivity (Wildman–Crippen MR) is 75.9 cm³/mol. The van der Waals surface area contributed by atoms with Gasteiger partial charge in [0.15, 0.2) is 6.29 Å². The molecule has 1 rings (SSSR count). The molecule has 0 heterocycles. The number of benzene rings is 1. The molecule has 0 saturated heterocycles. The minimum Gasteiger partial charge on any atom is -0.334 e. The number of aldehydes is 1. The Labute approximate surface area is 120 Å². The smallest absolute Gasteiger partial charge is 0.255 e. The molecule has 0 radical (unpaired) electrons. The Morgan fingerprint density at radius 2 is 1.79 bits per heavy atom. The fraction of sp³-hybridized carbons (Fsp3) is 0.429. The van der Waals surface area contributed by atoms with Crippen LogP contribution in [0.25, 0.3) is 0 Å². The Kier molecular flexibility index (Phi) is 5.23. The molecule has 3 nitrogen and oxygen atoms in total.